The lowest BCUT2D eigenvalue weighted by Gasteiger charge is -2.38. The Morgan fingerprint density at radius 2 is 1.78 bits per heavy atom. The van der Waals surface area contributed by atoms with Crippen LogP contribution in [0.3, 0.4) is 0 Å². The van der Waals surface area contributed by atoms with Gasteiger partial charge in [0.05, 0.1) is 18.7 Å². The van der Waals surface area contributed by atoms with Crippen molar-refractivity contribution in [2.24, 2.45) is 4.99 Å². The van der Waals surface area contributed by atoms with Crippen LogP contribution in [0.25, 0.3) is 0 Å². The topological polar surface area (TPSA) is 149 Å². The zero-order valence-electron chi connectivity index (χ0n) is 32.1. The fourth-order valence-electron chi connectivity index (χ4n) is 7.09. The van der Waals surface area contributed by atoms with Crippen molar-refractivity contribution >= 4 is 58.3 Å². The number of benzene rings is 3. The predicted molar refractivity (Wildman–Crippen MR) is 218 cm³/mol. The maximum Gasteiger partial charge on any atom is 0.338 e. The number of ether oxygens (including phenoxy) is 2. The van der Waals surface area contributed by atoms with Crippen LogP contribution in [-0.4, -0.2) is 116 Å². The number of piperazine rings is 1. The first-order valence-electron chi connectivity index (χ1n) is 18.7. The number of nitrogens with one attached hydrogen (secondary N) is 2. The molecule has 4 amide bonds. The summed E-state index contributed by atoms with van der Waals surface area (Å²) >= 11 is 7.90. The number of aliphatic imine (C=N–C) groups is 1. The zero-order chi connectivity index (χ0) is 40.9. The highest BCUT2D eigenvalue weighted by atomic mass is 35.5. The smallest absolute Gasteiger partial charge is 0.338 e. The Morgan fingerprint density at radius 1 is 1.03 bits per heavy atom. The van der Waals surface area contributed by atoms with Crippen LogP contribution in [0, 0.1) is 5.82 Å². The van der Waals surface area contributed by atoms with Gasteiger partial charge in [-0.1, -0.05) is 17.7 Å². The summed E-state index contributed by atoms with van der Waals surface area (Å²) in [5, 5.41) is 8.74. The number of halogens is 2. The number of urea groups is 1. The van der Waals surface area contributed by atoms with Gasteiger partial charge in [-0.05, 0) is 67.1 Å². The van der Waals surface area contributed by atoms with E-state index in [-0.39, 0.29) is 34.5 Å². The number of fused-ring (bicyclic) bond motifs is 1. The third-order valence-corrected chi connectivity index (χ3v) is 11.2. The number of esters is 1. The van der Waals surface area contributed by atoms with Crippen LogP contribution in [-0.2, 0) is 14.3 Å². The number of rotatable bonds is 13. The van der Waals surface area contributed by atoms with E-state index >= 15 is 0 Å². The van der Waals surface area contributed by atoms with Gasteiger partial charge in [-0.25, -0.2) is 19.0 Å². The van der Waals surface area contributed by atoms with E-state index in [0.29, 0.717) is 91.3 Å². The van der Waals surface area contributed by atoms with Gasteiger partial charge in [-0.2, -0.15) is 0 Å². The molecule has 2 fully saturated rings. The molecule has 2 atom stereocenters. The minimum Gasteiger partial charge on any atom is -0.466 e. The SMILES string of the molecule is COC(=O)C1=C(CN2CCN3C(=O)N(c4ccc(Oc5ccc(C(=O)NCCCC(=O)N(C)C)cc5)cc4)CC3C2)NC(c2nccs2)=NC1c1ccc(F)cc1Cl. The molecule has 2 N–H and O–H groups in total. The number of anilines is 1. The zero-order valence-corrected chi connectivity index (χ0v) is 33.7. The highest BCUT2D eigenvalue weighted by molar-refractivity contribution is 7.11. The molecule has 58 heavy (non-hydrogen) atoms. The molecule has 7 rings (SSSR count). The van der Waals surface area contributed by atoms with E-state index in [9.17, 15) is 23.6 Å². The summed E-state index contributed by atoms with van der Waals surface area (Å²) < 4.78 is 25.3. The molecule has 4 aromatic rings. The first kappa shape index (κ1) is 40.4. The summed E-state index contributed by atoms with van der Waals surface area (Å²) in [5.74, 6) is 0.258. The summed E-state index contributed by atoms with van der Waals surface area (Å²) in [6.45, 7) is 2.74. The molecule has 302 valence electrons. The molecule has 17 heteroatoms. The summed E-state index contributed by atoms with van der Waals surface area (Å²) in [7, 11) is 4.71. The average molecular weight is 829 g/mol. The van der Waals surface area contributed by atoms with E-state index in [2.05, 4.69) is 20.5 Å². The first-order valence-corrected chi connectivity index (χ1v) is 19.9. The normalized spacial score (nSPS) is 18.0. The van der Waals surface area contributed by atoms with E-state index in [1.807, 2.05) is 22.4 Å². The molecule has 4 heterocycles. The molecule has 2 saturated heterocycles. The van der Waals surface area contributed by atoms with Crippen molar-refractivity contribution in [1.82, 2.24) is 30.3 Å². The van der Waals surface area contributed by atoms with Crippen LogP contribution in [0.2, 0.25) is 5.02 Å². The average Bonchev–Trinajstić information content (AvgIpc) is 3.88. The van der Waals surface area contributed by atoms with Crippen LogP contribution in [0.4, 0.5) is 14.9 Å². The predicted octanol–water partition coefficient (Wildman–Crippen LogP) is 5.47. The maximum absolute atomic E-state index is 14.1. The minimum absolute atomic E-state index is 0.0164. The Kier molecular flexibility index (Phi) is 12.4. The van der Waals surface area contributed by atoms with Crippen LogP contribution >= 0.6 is 22.9 Å². The molecule has 3 aliphatic heterocycles. The second-order valence-corrected chi connectivity index (χ2v) is 15.4. The summed E-state index contributed by atoms with van der Waals surface area (Å²) in [5.41, 5.74) is 2.48. The molecule has 3 aliphatic rings. The van der Waals surface area contributed by atoms with E-state index in [0.717, 1.165) is 5.69 Å². The molecule has 14 nitrogen and oxygen atoms in total. The number of thiazole rings is 1. The first-order chi connectivity index (χ1) is 28.0. The van der Waals surface area contributed by atoms with Gasteiger partial charge in [0.1, 0.15) is 23.4 Å². The van der Waals surface area contributed by atoms with Gasteiger partial charge in [0.2, 0.25) is 5.91 Å². The molecule has 0 radical (unpaired) electrons. The molecular weight excluding hydrogens is 787 g/mol. The lowest BCUT2D eigenvalue weighted by atomic mass is 9.95. The van der Waals surface area contributed by atoms with E-state index in [1.54, 1.807) is 61.6 Å². The standard InChI is InChI=1S/C41H42ClFN8O6S/c1-48(2)34(52)5-4-16-44-38(53)25-6-11-29(12-7-25)57-30-13-9-27(10-14-30)51-23-28-22-49(18-19-50(28)41(51)55)24-33-35(40(54)56-3)36(31-15-8-26(43)21-32(31)42)47-37(46-33)39-45-17-20-58-39/h6-15,17,20-21,28,36H,4-5,16,18-19,22-24H2,1-3H3,(H,44,53)(H,46,47). The van der Waals surface area contributed by atoms with Crippen molar-refractivity contribution in [2.45, 2.75) is 24.9 Å². The molecule has 0 saturated carbocycles. The fourth-order valence-corrected chi connectivity index (χ4v) is 7.95. The quantitative estimate of drug-likeness (QED) is 0.132. The third-order valence-electron chi connectivity index (χ3n) is 10.1. The van der Waals surface area contributed by atoms with Crippen molar-refractivity contribution in [2.75, 3.05) is 65.4 Å². The van der Waals surface area contributed by atoms with Crippen LogP contribution in [0.15, 0.2) is 94.6 Å². The van der Waals surface area contributed by atoms with Gasteiger partial charge >= 0.3 is 12.0 Å². The van der Waals surface area contributed by atoms with Crippen molar-refractivity contribution < 1.29 is 33.0 Å². The number of amides is 4. The third kappa shape index (κ3) is 8.98. The number of hydrogen-bond acceptors (Lipinski definition) is 11. The van der Waals surface area contributed by atoms with Gasteiger partial charge in [-0.3, -0.25) is 24.4 Å². The highest BCUT2D eigenvalue weighted by Crippen LogP contribution is 2.37. The summed E-state index contributed by atoms with van der Waals surface area (Å²) in [4.78, 5) is 67.9. The van der Waals surface area contributed by atoms with Gasteiger partial charge < -0.3 is 29.9 Å². The van der Waals surface area contributed by atoms with E-state index in [4.69, 9.17) is 26.1 Å². The molecule has 0 bridgehead atoms. The molecule has 0 aliphatic carbocycles. The van der Waals surface area contributed by atoms with Crippen LogP contribution < -0.4 is 20.3 Å². The largest absolute Gasteiger partial charge is 0.466 e. The van der Waals surface area contributed by atoms with E-state index in [1.165, 1.54) is 41.5 Å². The molecule has 3 aromatic carbocycles. The maximum atomic E-state index is 14.1. The monoisotopic (exact) mass is 828 g/mol. The molecule has 2 unspecified atom stereocenters. The summed E-state index contributed by atoms with van der Waals surface area (Å²) in [6.07, 6.45) is 2.58. The Balaban J connectivity index is 0.991. The Hall–Kier alpha value is -5.84. The Morgan fingerprint density at radius 3 is 2.45 bits per heavy atom. The van der Waals surface area contributed by atoms with Crippen LogP contribution in [0.1, 0.15) is 39.8 Å². The number of aromatic nitrogens is 1. The number of hydrogen-bond donors (Lipinski definition) is 2. The lowest BCUT2D eigenvalue weighted by Crippen LogP contribution is -2.53. The van der Waals surface area contributed by atoms with Crippen molar-refractivity contribution in [1.29, 1.82) is 0 Å². The van der Waals surface area contributed by atoms with Gasteiger partial charge in [0.15, 0.2) is 10.8 Å². The Labute approximate surface area is 343 Å². The molecule has 0 spiro atoms. The molecular formula is C41H42ClFN8O6S. The lowest BCUT2D eigenvalue weighted by molar-refractivity contribution is -0.136. The van der Waals surface area contributed by atoms with Gasteiger partial charge in [0.25, 0.3) is 5.91 Å². The minimum atomic E-state index is -0.874. The number of methoxy groups -OCH3 is 1. The number of carbonyl (C=O) groups is 4. The second-order valence-electron chi connectivity index (χ2n) is 14.1. The Bertz CT molecular complexity index is 2240. The van der Waals surface area contributed by atoms with Crippen molar-refractivity contribution in [3.05, 3.63) is 117 Å². The number of carbonyl (C=O) groups excluding carboxylic acids is 4. The van der Waals surface area contributed by atoms with E-state index < -0.39 is 17.8 Å². The highest BCUT2D eigenvalue weighted by Gasteiger charge is 2.42. The summed E-state index contributed by atoms with van der Waals surface area (Å²) in [6, 6.07) is 17.0. The number of amidine groups is 1. The fraction of sp³-hybridized carbons (Fsp3) is 0.317. The second kappa shape index (κ2) is 17.7. The molecule has 1 aromatic heterocycles. The van der Waals surface area contributed by atoms with Crippen molar-refractivity contribution in [3.8, 4) is 11.5 Å². The van der Waals surface area contributed by atoms with Gasteiger partial charge in [-0.15, -0.1) is 11.3 Å². The number of nitrogens with zero attached hydrogens (tertiary/aromatic N) is 6. The van der Waals surface area contributed by atoms with Crippen molar-refractivity contribution in [3.63, 3.8) is 0 Å². The van der Waals surface area contributed by atoms with Crippen LogP contribution in [0.5, 0.6) is 11.5 Å². The van der Waals surface area contributed by atoms with Gasteiger partial charge in [0, 0.05) is 98.9 Å².